The first-order valence-electron chi connectivity index (χ1n) is 6.27. The largest absolute Gasteiger partial charge is 0.360 e. The van der Waals surface area contributed by atoms with Crippen molar-refractivity contribution in [2.24, 2.45) is 0 Å². The first-order valence-corrected chi connectivity index (χ1v) is 6.27. The van der Waals surface area contributed by atoms with E-state index in [1.807, 2.05) is 49.4 Å². The molecule has 3 rings (SSSR count). The Bertz CT molecular complexity index is 729. The standard InChI is InChI=1S/C16H13NO2/c1-2-15-13-9-8-12(10-14(13)17-19-15)16(18)11-6-4-3-5-7-11/h3-10H,2H2,1H3. The molecule has 94 valence electrons. The van der Waals surface area contributed by atoms with Crippen molar-refractivity contribution in [2.45, 2.75) is 13.3 Å². The molecule has 19 heavy (non-hydrogen) atoms. The molecular formula is C16H13NO2. The molecule has 0 saturated carbocycles. The first-order chi connectivity index (χ1) is 9.29. The summed E-state index contributed by atoms with van der Waals surface area (Å²) in [5.41, 5.74) is 2.05. The minimum Gasteiger partial charge on any atom is -0.360 e. The van der Waals surface area contributed by atoms with E-state index in [4.69, 9.17) is 4.52 Å². The lowest BCUT2D eigenvalue weighted by molar-refractivity contribution is 0.103. The summed E-state index contributed by atoms with van der Waals surface area (Å²) >= 11 is 0. The zero-order valence-electron chi connectivity index (χ0n) is 10.6. The van der Waals surface area contributed by atoms with Gasteiger partial charge >= 0.3 is 0 Å². The minimum absolute atomic E-state index is 0.00329. The fraction of sp³-hybridized carbons (Fsp3) is 0.125. The fourth-order valence-electron chi connectivity index (χ4n) is 2.15. The number of rotatable bonds is 3. The molecule has 0 bridgehead atoms. The minimum atomic E-state index is 0.00329. The molecule has 0 spiro atoms. The summed E-state index contributed by atoms with van der Waals surface area (Å²) in [6.45, 7) is 2.02. The summed E-state index contributed by atoms with van der Waals surface area (Å²) in [7, 11) is 0. The third kappa shape index (κ3) is 2.03. The topological polar surface area (TPSA) is 43.1 Å². The number of aryl methyl sites for hydroxylation is 1. The third-order valence-electron chi connectivity index (χ3n) is 3.17. The predicted molar refractivity (Wildman–Crippen MR) is 73.3 cm³/mol. The molecule has 1 heterocycles. The molecule has 3 heteroatoms. The van der Waals surface area contributed by atoms with E-state index in [1.54, 1.807) is 6.07 Å². The van der Waals surface area contributed by atoms with Crippen LogP contribution in [-0.2, 0) is 6.42 Å². The van der Waals surface area contributed by atoms with Crippen molar-refractivity contribution in [1.82, 2.24) is 5.16 Å². The van der Waals surface area contributed by atoms with Gasteiger partial charge in [0.25, 0.3) is 0 Å². The third-order valence-corrected chi connectivity index (χ3v) is 3.17. The van der Waals surface area contributed by atoms with Gasteiger partial charge in [0.2, 0.25) is 0 Å². The van der Waals surface area contributed by atoms with Crippen LogP contribution in [0.25, 0.3) is 10.9 Å². The quantitative estimate of drug-likeness (QED) is 0.668. The summed E-state index contributed by atoms with van der Waals surface area (Å²) in [6, 6.07) is 14.8. The highest BCUT2D eigenvalue weighted by molar-refractivity contribution is 6.10. The Balaban J connectivity index is 2.04. The van der Waals surface area contributed by atoms with E-state index in [1.165, 1.54) is 0 Å². The van der Waals surface area contributed by atoms with Crippen LogP contribution in [0.3, 0.4) is 0 Å². The fourth-order valence-corrected chi connectivity index (χ4v) is 2.15. The summed E-state index contributed by atoms with van der Waals surface area (Å²) in [5.74, 6) is 0.859. The Kier molecular flexibility index (Phi) is 2.88. The number of fused-ring (bicyclic) bond motifs is 1. The summed E-state index contributed by atoms with van der Waals surface area (Å²) in [5, 5.41) is 4.98. The average molecular weight is 251 g/mol. The number of nitrogens with zero attached hydrogens (tertiary/aromatic N) is 1. The number of ketones is 1. The van der Waals surface area contributed by atoms with Crippen LogP contribution in [0.15, 0.2) is 53.1 Å². The Hall–Kier alpha value is -2.42. The highest BCUT2D eigenvalue weighted by Crippen LogP contribution is 2.21. The molecule has 0 unspecified atom stereocenters. The Morgan fingerprint density at radius 2 is 1.89 bits per heavy atom. The van der Waals surface area contributed by atoms with Crippen LogP contribution in [0.1, 0.15) is 28.6 Å². The number of hydrogen-bond donors (Lipinski definition) is 0. The van der Waals surface area contributed by atoms with Gasteiger partial charge in [-0.15, -0.1) is 0 Å². The van der Waals surface area contributed by atoms with Gasteiger partial charge in [0.1, 0.15) is 11.3 Å². The highest BCUT2D eigenvalue weighted by atomic mass is 16.5. The van der Waals surface area contributed by atoms with Gasteiger partial charge in [-0.1, -0.05) is 48.5 Å². The lowest BCUT2D eigenvalue weighted by Gasteiger charge is -2.00. The molecule has 0 aliphatic heterocycles. The number of carbonyl (C=O) groups excluding carboxylic acids is 1. The Morgan fingerprint density at radius 3 is 2.63 bits per heavy atom. The van der Waals surface area contributed by atoms with Crippen LogP contribution in [-0.4, -0.2) is 10.9 Å². The maximum Gasteiger partial charge on any atom is 0.193 e. The lowest BCUT2D eigenvalue weighted by Crippen LogP contribution is -2.00. The zero-order valence-corrected chi connectivity index (χ0v) is 10.6. The van der Waals surface area contributed by atoms with Crippen LogP contribution in [0.2, 0.25) is 0 Å². The maximum atomic E-state index is 12.3. The Morgan fingerprint density at radius 1 is 1.11 bits per heavy atom. The van der Waals surface area contributed by atoms with Crippen molar-refractivity contribution < 1.29 is 9.32 Å². The number of hydrogen-bond acceptors (Lipinski definition) is 3. The second-order valence-electron chi connectivity index (χ2n) is 4.39. The van der Waals surface area contributed by atoms with Gasteiger partial charge in [-0.2, -0.15) is 0 Å². The van der Waals surface area contributed by atoms with Crippen molar-refractivity contribution in [3.63, 3.8) is 0 Å². The van der Waals surface area contributed by atoms with Crippen LogP contribution < -0.4 is 0 Å². The molecule has 0 aliphatic rings. The first kappa shape index (κ1) is 11.7. The molecule has 1 aromatic heterocycles. The maximum absolute atomic E-state index is 12.3. The van der Waals surface area contributed by atoms with E-state index < -0.39 is 0 Å². The number of carbonyl (C=O) groups is 1. The monoisotopic (exact) mass is 251 g/mol. The van der Waals surface area contributed by atoms with E-state index in [0.717, 1.165) is 23.1 Å². The average Bonchev–Trinajstić information content (AvgIpc) is 2.89. The predicted octanol–water partition coefficient (Wildman–Crippen LogP) is 3.62. The second-order valence-corrected chi connectivity index (χ2v) is 4.39. The van der Waals surface area contributed by atoms with Crippen molar-refractivity contribution in [3.05, 3.63) is 65.4 Å². The van der Waals surface area contributed by atoms with Crippen LogP contribution in [0, 0.1) is 0 Å². The van der Waals surface area contributed by atoms with E-state index in [2.05, 4.69) is 5.16 Å². The number of benzene rings is 2. The van der Waals surface area contributed by atoms with E-state index in [9.17, 15) is 4.79 Å². The molecule has 0 amide bonds. The Labute approximate surface area is 110 Å². The molecule has 3 aromatic rings. The molecule has 0 aliphatic carbocycles. The molecule has 2 aromatic carbocycles. The van der Waals surface area contributed by atoms with Crippen LogP contribution in [0.4, 0.5) is 0 Å². The van der Waals surface area contributed by atoms with Crippen LogP contribution >= 0.6 is 0 Å². The van der Waals surface area contributed by atoms with Gasteiger partial charge in [-0.3, -0.25) is 4.79 Å². The van der Waals surface area contributed by atoms with Gasteiger partial charge in [0, 0.05) is 22.9 Å². The normalized spacial score (nSPS) is 10.8. The van der Waals surface area contributed by atoms with E-state index in [-0.39, 0.29) is 5.78 Å². The molecule has 0 saturated heterocycles. The number of aromatic nitrogens is 1. The molecule has 0 N–H and O–H groups in total. The summed E-state index contributed by atoms with van der Waals surface area (Å²) in [6.07, 6.45) is 0.794. The zero-order chi connectivity index (χ0) is 13.2. The molecular weight excluding hydrogens is 238 g/mol. The van der Waals surface area contributed by atoms with Gasteiger partial charge < -0.3 is 4.52 Å². The van der Waals surface area contributed by atoms with Gasteiger partial charge in [0.15, 0.2) is 5.78 Å². The summed E-state index contributed by atoms with van der Waals surface area (Å²) in [4.78, 5) is 12.3. The van der Waals surface area contributed by atoms with Crippen molar-refractivity contribution in [2.75, 3.05) is 0 Å². The SMILES string of the molecule is CCc1onc2cc(C(=O)c3ccccc3)ccc12. The van der Waals surface area contributed by atoms with Crippen LogP contribution in [0.5, 0.6) is 0 Å². The molecule has 0 radical (unpaired) electrons. The van der Waals surface area contributed by atoms with Gasteiger partial charge in [0.05, 0.1) is 0 Å². The van der Waals surface area contributed by atoms with Crippen molar-refractivity contribution in [3.8, 4) is 0 Å². The molecule has 3 nitrogen and oxygen atoms in total. The van der Waals surface area contributed by atoms with Crippen molar-refractivity contribution >= 4 is 16.7 Å². The van der Waals surface area contributed by atoms with Gasteiger partial charge in [-0.05, 0) is 12.1 Å². The lowest BCUT2D eigenvalue weighted by atomic mass is 10.0. The summed E-state index contributed by atoms with van der Waals surface area (Å²) < 4.78 is 5.24. The van der Waals surface area contributed by atoms with Crippen molar-refractivity contribution in [1.29, 1.82) is 0 Å². The van der Waals surface area contributed by atoms with E-state index in [0.29, 0.717) is 11.1 Å². The van der Waals surface area contributed by atoms with E-state index >= 15 is 0 Å². The smallest absolute Gasteiger partial charge is 0.193 e. The molecule has 0 fully saturated rings. The molecule has 0 atom stereocenters. The second kappa shape index (κ2) is 4.69. The highest BCUT2D eigenvalue weighted by Gasteiger charge is 2.12. The van der Waals surface area contributed by atoms with Gasteiger partial charge in [-0.25, -0.2) is 0 Å².